The van der Waals surface area contributed by atoms with Gasteiger partial charge in [-0.05, 0) is 29.7 Å². The Kier molecular flexibility index (Phi) is 5.47. The van der Waals surface area contributed by atoms with E-state index in [-0.39, 0.29) is 41.8 Å². The molecule has 1 unspecified atom stereocenters. The first-order chi connectivity index (χ1) is 17.3. The molecule has 11 nitrogen and oxygen atoms in total. The zero-order chi connectivity index (χ0) is 25.6. The number of aromatic nitrogens is 1. The van der Waals surface area contributed by atoms with Crippen LogP contribution in [0.1, 0.15) is 28.0 Å². The third kappa shape index (κ3) is 3.65. The Hall–Kier alpha value is -4.66. The monoisotopic (exact) mass is 493 g/mol. The van der Waals surface area contributed by atoms with Crippen LogP contribution in [0.15, 0.2) is 24.3 Å². The van der Waals surface area contributed by atoms with Crippen molar-refractivity contribution in [2.75, 3.05) is 32.2 Å². The number of β-lactam (4-membered cyclic amide) rings is 1. The molecule has 5 rings (SSSR count). The lowest BCUT2D eigenvalue weighted by Crippen LogP contribution is -2.54. The number of fused-ring (bicyclic) bond motifs is 1. The van der Waals surface area contributed by atoms with Gasteiger partial charge in [0.1, 0.15) is 5.82 Å². The zero-order valence-electron chi connectivity index (χ0n) is 19.3. The first kappa shape index (κ1) is 23.1. The maximum atomic E-state index is 14.8. The molecule has 3 aliphatic rings. The summed E-state index contributed by atoms with van der Waals surface area (Å²) in [7, 11) is 2.71. The summed E-state index contributed by atoms with van der Waals surface area (Å²) in [6.07, 6.45) is 0.419. The van der Waals surface area contributed by atoms with Gasteiger partial charge in [-0.2, -0.15) is 0 Å². The van der Waals surface area contributed by atoms with Gasteiger partial charge in [0.05, 0.1) is 26.3 Å². The molecule has 2 fully saturated rings. The van der Waals surface area contributed by atoms with Gasteiger partial charge in [-0.3, -0.25) is 24.6 Å². The second kappa shape index (κ2) is 8.53. The summed E-state index contributed by atoms with van der Waals surface area (Å²) in [6, 6.07) is 5.40. The second-order valence-electron chi connectivity index (χ2n) is 8.36. The van der Waals surface area contributed by atoms with Gasteiger partial charge >= 0.3 is 6.03 Å². The molecule has 0 bridgehead atoms. The third-order valence-corrected chi connectivity index (χ3v) is 6.23. The van der Waals surface area contributed by atoms with Crippen LogP contribution in [0, 0.1) is 17.7 Å². The first-order valence-electron chi connectivity index (χ1n) is 10.9. The number of carbonyl (C=O) groups is 4. The SMILES string of the molecule is COc1ccc(N2CCC2=O)nc1C#CC1(CN2Cc3ccc(OC)c(F)c3C2=O)NC(=O)NC1=O. The van der Waals surface area contributed by atoms with E-state index >= 15 is 0 Å². The van der Waals surface area contributed by atoms with Crippen molar-refractivity contribution >= 4 is 29.6 Å². The van der Waals surface area contributed by atoms with Gasteiger partial charge in [0.2, 0.25) is 11.4 Å². The fraction of sp³-hybridized carbons (Fsp3) is 0.292. The number of amides is 5. The molecule has 36 heavy (non-hydrogen) atoms. The number of anilines is 1. The molecule has 2 aromatic rings. The van der Waals surface area contributed by atoms with Crippen LogP contribution in [-0.4, -0.2) is 66.5 Å². The Balaban J connectivity index is 1.49. The highest BCUT2D eigenvalue weighted by Gasteiger charge is 2.49. The Morgan fingerprint density at radius 3 is 2.47 bits per heavy atom. The summed E-state index contributed by atoms with van der Waals surface area (Å²) in [5.41, 5.74) is -1.43. The second-order valence-corrected chi connectivity index (χ2v) is 8.36. The van der Waals surface area contributed by atoms with Crippen molar-refractivity contribution in [1.82, 2.24) is 20.5 Å². The van der Waals surface area contributed by atoms with Crippen LogP contribution in [0.4, 0.5) is 15.0 Å². The van der Waals surface area contributed by atoms with Gasteiger partial charge in [0, 0.05) is 19.5 Å². The molecular weight excluding hydrogens is 473 g/mol. The van der Waals surface area contributed by atoms with E-state index in [0.29, 0.717) is 24.3 Å². The van der Waals surface area contributed by atoms with Gasteiger partial charge in [0.15, 0.2) is 23.0 Å². The maximum Gasteiger partial charge on any atom is 0.323 e. The van der Waals surface area contributed by atoms with Crippen molar-refractivity contribution in [3.63, 3.8) is 0 Å². The smallest absolute Gasteiger partial charge is 0.323 e. The number of benzene rings is 1. The summed E-state index contributed by atoms with van der Waals surface area (Å²) >= 11 is 0. The van der Waals surface area contributed by atoms with E-state index in [2.05, 4.69) is 27.5 Å². The summed E-state index contributed by atoms with van der Waals surface area (Å²) in [4.78, 5) is 56.9. The van der Waals surface area contributed by atoms with Crippen molar-refractivity contribution in [2.24, 2.45) is 0 Å². The number of methoxy groups -OCH3 is 2. The number of rotatable bonds is 5. The van der Waals surface area contributed by atoms with E-state index in [1.54, 1.807) is 18.2 Å². The first-order valence-corrected chi connectivity index (χ1v) is 10.9. The number of imide groups is 1. The fourth-order valence-electron chi connectivity index (χ4n) is 4.26. The number of hydrogen-bond donors (Lipinski definition) is 2. The van der Waals surface area contributed by atoms with Crippen LogP contribution in [0.5, 0.6) is 11.5 Å². The number of halogens is 1. The molecule has 2 N–H and O–H groups in total. The number of ether oxygens (including phenoxy) is 2. The zero-order valence-corrected chi connectivity index (χ0v) is 19.3. The Morgan fingerprint density at radius 1 is 1.11 bits per heavy atom. The van der Waals surface area contributed by atoms with Crippen LogP contribution in [0.3, 0.4) is 0 Å². The fourth-order valence-corrected chi connectivity index (χ4v) is 4.26. The van der Waals surface area contributed by atoms with Crippen LogP contribution in [-0.2, 0) is 16.1 Å². The van der Waals surface area contributed by atoms with Crippen molar-refractivity contribution < 1.29 is 33.0 Å². The van der Waals surface area contributed by atoms with Gasteiger partial charge in [0.25, 0.3) is 11.8 Å². The number of nitrogens with zero attached hydrogens (tertiary/aromatic N) is 3. The Bertz CT molecular complexity index is 1400. The van der Waals surface area contributed by atoms with Gasteiger partial charge < -0.3 is 19.7 Å². The van der Waals surface area contributed by atoms with Crippen LogP contribution in [0.2, 0.25) is 0 Å². The highest BCUT2D eigenvalue weighted by atomic mass is 19.1. The molecule has 0 spiro atoms. The van der Waals surface area contributed by atoms with E-state index in [1.807, 2.05) is 0 Å². The maximum absolute atomic E-state index is 14.8. The molecule has 1 aromatic heterocycles. The standard InChI is InChI=1S/C24H20FN5O6/c1-35-15-5-6-17(30-10-8-18(30)31)26-14(15)7-9-24(22(33)27-23(34)28-24)12-29-11-13-3-4-16(36-2)20(25)19(13)21(29)32/h3-6H,8,10-12H2,1-2H3,(H2,27,28,33,34). The largest absolute Gasteiger partial charge is 0.494 e. The molecule has 1 aromatic carbocycles. The Labute approximate surface area is 204 Å². The lowest BCUT2D eigenvalue weighted by Gasteiger charge is -2.29. The summed E-state index contributed by atoms with van der Waals surface area (Å²) < 4.78 is 25.0. The van der Waals surface area contributed by atoms with Gasteiger partial charge in [-0.25, -0.2) is 14.2 Å². The lowest BCUT2D eigenvalue weighted by atomic mass is 9.99. The van der Waals surface area contributed by atoms with Crippen molar-refractivity contribution in [3.8, 4) is 23.3 Å². The molecule has 0 radical (unpaired) electrons. The minimum Gasteiger partial charge on any atom is -0.494 e. The van der Waals surface area contributed by atoms with Crippen molar-refractivity contribution in [2.45, 2.75) is 18.5 Å². The number of nitrogens with one attached hydrogen (secondary N) is 2. The summed E-state index contributed by atoms with van der Waals surface area (Å²) in [5.74, 6) is 3.78. The third-order valence-electron chi connectivity index (χ3n) is 6.23. The van der Waals surface area contributed by atoms with E-state index in [1.165, 1.54) is 30.1 Å². The van der Waals surface area contributed by atoms with E-state index in [9.17, 15) is 23.6 Å². The molecule has 0 aliphatic carbocycles. The number of carbonyl (C=O) groups excluding carboxylic acids is 4. The highest BCUT2D eigenvalue weighted by Crippen LogP contribution is 2.32. The number of hydrogen-bond acceptors (Lipinski definition) is 7. The van der Waals surface area contributed by atoms with Crippen LogP contribution >= 0.6 is 0 Å². The van der Waals surface area contributed by atoms with Crippen LogP contribution in [0.25, 0.3) is 0 Å². The lowest BCUT2D eigenvalue weighted by molar-refractivity contribution is -0.123. The summed E-state index contributed by atoms with van der Waals surface area (Å²) in [6.45, 7) is 0.182. The molecule has 4 heterocycles. The van der Waals surface area contributed by atoms with Crippen molar-refractivity contribution in [1.29, 1.82) is 0 Å². The van der Waals surface area contributed by atoms with E-state index in [0.717, 1.165) is 0 Å². The predicted octanol–water partition coefficient (Wildman–Crippen LogP) is 0.560. The normalized spacial score (nSPS) is 20.3. The van der Waals surface area contributed by atoms with Crippen LogP contribution < -0.4 is 25.0 Å². The van der Waals surface area contributed by atoms with Gasteiger partial charge in [-0.1, -0.05) is 12.0 Å². The van der Waals surface area contributed by atoms with E-state index in [4.69, 9.17) is 9.47 Å². The number of pyridine rings is 1. The van der Waals surface area contributed by atoms with Gasteiger partial charge in [-0.15, -0.1) is 0 Å². The van der Waals surface area contributed by atoms with Crippen molar-refractivity contribution in [3.05, 3.63) is 46.9 Å². The molecule has 5 amide bonds. The summed E-state index contributed by atoms with van der Waals surface area (Å²) in [5, 5.41) is 4.62. The molecular formula is C24H20FN5O6. The predicted molar refractivity (Wildman–Crippen MR) is 122 cm³/mol. The molecule has 1 atom stereocenters. The minimum atomic E-state index is -1.83. The molecule has 2 saturated heterocycles. The van der Waals surface area contributed by atoms with E-state index < -0.39 is 29.2 Å². The minimum absolute atomic E-state index is 0.00971. The molecule has 3 aliphatic heterocycles. The Morgan fingerprint density at radius 2 is 1.86 bits per heavy atom. The highest BCUT2D eigenvalue weighted by molar-refractivity contribution is 6.10. The molecule has 12 heteroatoms. The number of urea groups is 1. The molecule has 0 saturated carbocycles. The average molecular weight is 493 g/mol. The topological polar surface area (TPSA) is 130 Å². The average Bonchev–Trinajstić information content (AvgIpc) is 3.32. The quantitative estimate of drug-likeness (QED) is 0.354. The molecule has 184 valence electrons.